The van der Waals surface area contributed by atoms with E-state index in [0.29, 0.717) is 16.5 Å². The lowest BCUT2D eigenvalue weighted by Crippen LogP contribution is -2.01. The Labute approximate surface area is 226 Å². The molecule has 0 aliphatic carbocycles. The van der Waals surface area contributed by atoms with Crippen LogP contribution in [0.2, 0.25) is 10.0 Å². The molecule has 1 aromatic heterocycles. The lowest BCUT2D eigenvalue weighted by atomic mass is 10.0. The fourth-order valence-corrected chi connectivity index (χ4v) is 4.76. The van der Waals surface area contributed by atoms with Gasteiger partial charge in [0.15, 0.2) is 0 Å². The van der Waals surface area contributed by atoms with Gasteiger partial charge in [0.2, 0.25) is 0 Å². The monoisotopic (exact) mass is 577 g/mol. The van der Waals surface area contributed by atoms with Gasteiger partial charge in [0.05, 0.1) is 15.6 Å². The summed E-state index contributed by atoms with van der Waals surface area (Å²) in [4.78, 5) is 15.7. The third-order valence-electron chi connectivity index (χ3n) is 5.80. The summed E-state index contributed by atoms with van der Waals surface area (Å²) >= 11 is 16.1. The zero-order valence-electron chi connectivity index (χ0n) is 18.7. The Kier molecular flexibility index (Phi) is 6.92. The second-order valence-electron chi connectivity index (χ2n) is 8.19. The van der Waals surface area contributed by atoms with Crippen LogP contribution in [0.3, 0.4) is 0 Å². The van der Waals surface area contributed by atoms with E-state index < -0.39 is 0 Å². The van der Waals surface area contributed by atoms with Gasteiger partial charge in [-0.05, 0) is 59.2 Å². The first-order valence-corrected chi connectivity index (χ1v) is 12.6. The van der Waals surface area contributed by atoms with Gasteiger partial charge in [0.25, 0.3) is 5.69 Å². The molecule has 1 heterocycles. The van der Waals surface area contributed by atoms with Crippen LogP contribution in [0.4, 0.5) is 5.69 Å². The number of hydrogen-bond acceptors (Lipinski definition) is 3. The Hall–Kier alpha value is -3.45. The van der Waals surface area contributed by atoms with E-state index in [2.05, 4.69) is 28.1 Å². The van der Waals surface area contributed by atoms with E-state index in [9.17, 15) is 10.1 Å². The van der Waals surface area contributed by atoms with Crippen molar-refractivity contribution in [3.8, 4) is 28.1 Å². The van der Waals surface area contributed by atoms with Gasteiger partial charge in [-0.15, -0.1) is 0 Å². The SMILES string of the molecule is O=[N+]([O-])c1cccc(-c2ccc(-n3cc(-c4ccc(Cl)cc4Cl)nc3Cc3ccc(Br)cc3)cc2)c1. The van der Waals surface area contributed by atoms with Crippen LogP contribution in [0.15, 0.2) is 102 Å². The lowest BCUT2D eigenvalue weighted by molar-refractivity contribution is -0.384. The molecule has 4 aromatic carbocycles. The quantitative estimate of drug-likeness (QED) is 0.149. The van der Waals surface area contributed by atoms with Gasteiger partial charge in [-0.1, -0.05) is 75.5 Å². The first-order valence-electron chi connectivity index (χ1n) is 11.0. The van der Waals surface area contributed by atoms with Crippen molar-refractivity contribution in [2.24, 2.45) is 0 Å². The van der Waals surface area contributed by atoms with E-state index in [1.807, 2.05) is 59.3 Å². The standard InChI is InChI=1S/C28H18BrCl2N3O2/c29-21-8-4-18(5-9-21)14-28-32-27(25-13-10-22(30)16-26(25)31)17-33(28)23-11-6-19(7-12-23)20-2-1-3-24(15-20)34(35)36/h1-13,15-17H,14H2. The molecule has 0 saturated heterocycles. The number of nitrogens with zero attached hydrogens (tertiary/aromatic N) is 3. The average molecular weight is 579 g/mol. The van der Waals surface area contributed by atoms with Gasteiger partial charge in [0.1, 0.15) is 5.82 Å². The fraction of sp³-hybridized carbons (Fsp3) is 0.0357. The van der Waals surface area contributed by atoms with Crippen molar-refractivity contribution in [1.82, 2.24) is 9.55 Å². The molecule has 8 heteroatoms. The number of nitro groups is 1. The van der Waals surface area contributed by atoms with Gasteiger partial charge in [-0.2, -0.15) is 0 Å². The third kappa shape index (κ3) is 5.21. The van der Waals surface area contributed by atoms with Crippen LogP contribution in [0.25, 0.3) is 28.1 Å². The van der Waals surface area contributed by atoms with Gasteiger partial charge < -0.3 is 4.57 Å². The average Bonchev–Trinajstić information content (AvgIpc) is 3.29. The van der Waals surface area contributed by atoms with E-state index in [0.717, 1.165) is 43.9 Å². The summed E-state index contributed by atoms with van der Waals surface area (Å²) in [5, 5.41) is 12.3. The molecule has 0 fully saturated rings. The van der Waals surface area contributed by atoms with E-state index in [4.69, 9.17) is 28.2 Å². The molecular weight excluding hydrogens is 561 g/mol. The topological polar surface area (TPSA) is 61.0 Å². The maximum atomic E-state index is 11.2. The van der Waals surface area contributed by atoms with Crippen LogP contribution in [-0.2, 0) is 6.42 Å². The van der Waals surface area contributed by atoms with Gasteiger partial charge in [-0.25, -0.2) is 4.98 Å². The predicted octanol–water partition coefficient (Wildman–Crippen LogP) is 8.77. The summed E-state index contributed by atoms with van der Waals surface area (Å²) in [6.45, 7) is 0. The molecule has 5 rings (SSSR count). The zero-order valence-corrected chi connectivity index (χ0v) is 21.8. The second kappa shape index (κ2) is 10.3. The van der Waals surface area contributed by atoms with Gasteiger partial charge >= 0.3 is 0 Å². The minimum absolute atomic E-state index is 0.0625. The van der Waals surface area contributed by atoms with Crippen molar-refractivity contribution < 1.29 is 4.92 Å². The summed E-state index contributed by atoms with van der Waals surface area (Å²) in [6, 6.07) is 28.0. The number of nitro benzene ring substituents is 1. The Bertz CT molecular complexity index is 1570. The highest BCUT2D eigenvalue weighted by Crippen LogP contribution is 2.32. The summed E-state index contributed by atoms with van der Waals surface area (Å²) in [7, 11) is 0. The second-order valence-corrected chi connectivity index (χ2v) is 9.95. The van der Waals surface area contributed by atoms with Crippen molar-refractivity contribution >= 4 is 44.8 Å². The maximum absolute atomic E-state index is 11.2. The summed E-state index contributed by atoms with van der Waals surface area (Å²) in [5.41, 5.74) is 5.30. The number of non-ortho nitro benzene ring substituents is 1. The Balaban J connectivity index is 1.55. The molecule has 0 bridgehead atoms. The normalized spacial score (nSPS) is 11.0. The highest BCUT2D eigenvalue weighted by atomic mass is 79.9. The molecule has 0 unspecified atom stereocenters. The number of hydrogen-bond donors (Lipinski definition) is 0. The lowest BCUT2D eigenvalue weighted by Gasteiger charge is -2.09. The number of aromatic nitrogens is 2. The molecular formula is C28H18BrCl2N3O2. The molecule has 0 spiro atoms. The first kappa shape index (κ1) is 24.3. The van der Waals surface area contributed by atoms with E-state index in [-0.39, 0.29) is 10.6 Å². The van der Waals surface area contributed by atoms with Crippen molar-refractivity contribution in [2.45, 2.75) is 6.42 Å². The number of rotatable bonds is 6. The minimum Gasteiger partial charge on any atom is -0.303 e. The van der Waals surface area contributed by atoms with Crippen LogP contribution in [-0.4, -0.2) is 14.5 Å². The summed E-state index contributed by atoms with van der Waals surface area (Å²) < 4.78 is 3.06. The van der Waals surface area contributed by atoms with E-state index in [1.165, 1.54) is 6.07 Å². The van der Waals surface area contributed by atoms with Crippen LogP contribution < -0.4 is 0 Å². The molecule has 5 aromatic rings. The number of benzene rings is 4. The van der Waals surface area contributed by atoms with Crippen LogP contribution >= 0.6 is 39.1 Å². The van der Waals surface area contributed by atoms with E-state index >= 15 is 0 Å². The zero-order chi connectivity index (χ0) is 25.2. The molecule has 0 N–H and O–H groups in total. The Morgan fingerprint density at radius 2 is 1.64 bits per heavy atom. The number of halogens is 3. The highest BCUT2D eigenvalue weighted by molar-refractivity contribution is 9.10. The largest absolute Gasteiger partial charge is 0.303 e. The van der Waals surface area contributed by atoms with Crippen molar-refractivity contribution in [2.75, 3.05) is 0 Å². The van der Waals surface area contributed by atoms with Gasteiger partial charge in [0, 0.05) is 45.5 Å². The molecule has 5 nitrogen and oxygen atoms in total. The third-order valence-corrected chi connectivity index (χ3v) is 6.87. The van der Waals surface area contributed by atoms with Crippen molar-refractivity contribution in [1.29, 1.82) is 0 Å². The van der Waals surface area contributed by atoms with Crippen molar-refractivity contribution in [3.05, 3.63) is 133 Å². The van der Waals surface area contributed by atoms with E-state index in [1.54, 1.807) is 24.3 Å². The van der Waals surface area contributed by atoms with Crippen LogP contribution in [0.5, 0.6) is 0 Å². The smallest absolute Gasteiger partial charge is 0.270 e. The molecule has 0 aliphatic heterocycles. The molecule has 178 valence electrons. The molecule has 0 atom stereocenters. The summed E-state index contributed by atoms with van der Waals surface area (Å²) in [6.07, 6.45) is 2.58. The molecule has 36 heavy (non-hydrogen) atoms. The predicted molar refractivity (Wildman–Crippen MR) is 148 cm³/mol. The first-order chi connectivity index (χ1) is 17.4. The minimum atomic E-state index is -0.388. The molecule has 0 saturated carbocycles. The molecule has 0 amide bonds. The van der Waals surface area contributed by atoms with Crippen molar-refractivity contribution in [3.63, 3.8) is 0 Å². The fourth-order valence-electron chi connectivity index (χ4n) is 3.99. The Morgan fingerprint density at radius 1 is 0.889 bits per heavy atom. The van der Waals surface area contributed by atoms with Crippen LogP contribution in [0, 0.1) is 10.1 Å². The maximum Gasteiger partial charge on any atom is 0.270 e. The van der Waals surface area contributed by atoms with Crippen LogP contribution in [0.1, 0.15) is 11.4 Å². The number of imidazole rings is 1. The molecule has 0 aliphatic rings. The Morgan fingerprint density at radius 3 is 2.33 bits per heavy atom. The highest BCUT2D eigenvalue weighted by Gasteiger charge is 2.15. The van der Waals surface area contributed by atoms with Gasteiger partial charge in [-0.3, -0.25) is 10.1 Å². The molecule has 0 radical (unpaired) electrons. The summed E-state index contributed by atoms with van der Waals surface area (Å²) in [5.74, 6) is 0.849.